The largest absolute Gasteiger partial charge is 0.315 e. The molecular weight excluding hydrogens is 242 g/mol. The highest BCUT2D eigenvalue weighted by atomic mass is 32.2. The van der Waals surface area contributed by atoms with E-state index >= 15 is 0 Å². The second-order valence-corrected chi connectivity index (χ2v) is 6.84. The van der Waals surface area contributed by atoms with E-state index in [1.165, 1.54) is 0 Å². The first-order valence-electron chi connectivity index (χ1n) is 5.80. The van der Waals surface area contributed by atoms with Crippen LogP contribution in [0.1, 0.15) is 30.1 Å². The highest BCUT2D eigenvalue weighted by molar-refractivity contribution is 7.90. The smallest absolute Gasteiger partial charge is 0.271 e. The third-order valence-corrected chi connectivity index (χ3v) is 4.92. The molecule has 94 valence electrons. The molecule has 7 heteroatoms. The number of fused-ring (bicyclic) bond motifs is 1. The summed E-state index contributed by atoms with van der Waals surface area (Å²) in [7, 11) is -3.09. The first kappa shape index (κ1) is 11.0. The molecule has 2 N–H and O–H groups in total. The molecule has 1 fully saturated rings. The third-order valence-electron chi connectivity index (χ3n) is 3.46. The lowest BCUT2D eigenvalue weighted by atomic mass is 10.1. The maximum absolute atomic E-state index is 12.1. The Balaban J connectivity index is 1.97. The van der Waals surface area contributed by atoms with Crippen LogP contribution in [0.3, 0.4) is 0 Å². The van der Waals surface area contributed by atoms with E-state index in [0.717, 1.165) is 25.9 Å². The molecule has 2 aliphatic rings. The lowest BCUT2D eigenvalue weighted by Crippen LogP contribution is -2.36. The SMILES string of the molecule is O=c1c2c([nH]n1C1CCCNC1)CS(=O)(=O)C2. The predicted octanol–water partition coefficient (Wildman–Crippen LogP) is -0.471. The normalized spacial score (nSPS) is 26.9. The van der Waals surface area contributed by atoms with Crippen LogP contribution in [-0.2, 0) is 21.3 Å². The maximum Gasteiger partial charge on any atom is 0.271 e. The van der Waals surface area contributed by atoms with Gasteiger partial charge in [-0.25, -0.2) is 13.1 Å². The van der Waals surface area contributed by atoms with E-state index < -0.39 is 9.84 Å². The van der Waals surface area contributed by atoms with Gasteiger partial charge in [-0.2, -0.15) is 0 Å². The average molecular weight is 257 g/mol. The van der Waals surface area contributed by atoms with Crippen molar-refractivity contribution in [1.29, 1.82) is 0 Å². The molecule has 0 spiro atoms. The van der Waals surface area contributed by atoms with Crippen molar-refractivity contribution in [3.63, 3.8) is 0 Å². The summed E-state index contributed by atoms with van der Waals surface area (Å²) in [6.45, 7) is 1.76. The molecular formula is C10H15N3O3S. The van der Waals surface area contributed by atoms with Gasteiger partial charge in [-0.05, 0) is 19.4 Å². The summed E-state index contributed by atoms with van der Waals surface area (Å²) in [6, 6.07) is 0.129. The quantitative estimate of drug-likeness (QED) is 0.712. The average Bonchev–Trinajstić information content (AvgIpc) is 2.75. The number of hydrogen-bond donors (Lipinski definition) is 2. The number of aromatic nitrogens is 2. The molecule has 1 aromatic rings. The number of sulfone groups is 1. The summed E-state index contributed by atoms with van der Waals surface area (Å²) < 4.78 is 24.4. The van der Waals surface area contributed by atoms with Crippen LogP contribution >= 0.6 is 0 Å². The van der Waals surface area contributed by atoms with Crippen molar-refractivity contribution >= 4 is 9.84 Å². The van der Waals surface area contributed by atoms with Crippen LogP contribution in [0.4, 0.5) is 0 Å². The molecule has 0 amide bonds. The zero-order valence-electron chi connectivity index (χ0n) is 9.40. The fraction of sp³-hybridized carbons (Fsp3) is 0.700. The van der Waals surface area contributed by atoms with Gasteiger partial charge < -0.3 is 5.32 Å². The van der Waals surface area contributed by atoms with Gasteiger partial charge >= 0.3 is 0 Å². The van der Waals surface area contributed by atoms with Crippen molar-refractivity contribution in [1.82, 2.24) is 15.1 Å². The number of rotatable bonds is 1. The fourth-order valence-corrected chi connectivity index (χ4v) is 4.13. The van der Waals surface area contributed by atoms with Gasteiger partial charge in [0.25, 0.3) is 5.56 Å². The Bertz CT molecular complexity index is 593. The summed E-state index contributed by atoms with van der Waals surface area (Å²) in [5.41, 5.74) is 0.867. The molecule has 1 aromatic heterocycles. The van der Waals surface area contributed by atoms with Crippen LogP contribution in [0.5, 0.6) is 0 Å². The molecule has 1 atom stereocenters. The monoisotopic (exact) mass is 257 g/mol. The van der Waals surface area contributed by atoms with Crippen molar-refractivity contribution < 1.29 is 8.42 Å². The van der Waals surface area contributed by atoms with Crippen molar-refractivity contribution in [2.75, 3.05) is 13.1 Å². The van der Waals surface area contributed by atoms with Gasteiger partial charge in [-0.1, -0.05) is 0 Å². The first-order chi connectivity index (χ1) is 8.07. The van der Waals surface area contributed by atoms with Crippen molar-refractivity contribution in [3.8, 4) is 0 Å². The van der Waals surface area contributed by atoms with Crippen LogP contribution in [0.2, 0.25) is 0 Å². The van der Waals surface area contributed by atoms with Gasteiger partial charge in [-0.15, -0.1) is 0 Å². The Morgan fingerprint density at radius 1 is 1.29 bits per heavy atom. The number of H-pyrrole nitrogens is 1. The van der Waals surface area contributed by atoms with Gasteiger partial charge in [0.05, 0.1) is 28.8 Å². The number of nitrogens with one attached hydrogen (secondary N) is 2. The Morgan fingerprint density at radius 3 is 2.76 bits per heavy atom. The Hall–Kier alpha value is -1.08. The summed E-state index contributed by atoms with van der Waals surface area (Å²) in [5.74, 6) is -0.129. The van der Waals surface area contributed by atoms with E-state index in [0.29, 0.717) is 11.3 Å². The minimum absolute atomic E-state index is 0.0231. The second kappa shape index (κ2) is 3.71. The standard InChI is InChI=1S/C10H15N3O3S/c14-10-8-5-17(15,16)6-9(8)12-13(10)7-2-1-3-11-4-7/h7,11-12H,1-6H2. The van der Waals surface area contributed by atoms with E-state index in [1.807, 2.05) is 0 Å². The molecule has 0 aromatic carbocycles. The van der Waals surface area contributed by atoms with E-state index in [4.69, 9.17) is 0 Å². The molecule has 0 radical (unpaired) electrons. The van der Waals surface area contributed by atoms with Crippen molar-refractivity contribution in [3.05, 3.63) is 21.6 Å². The van der Waals surface area contributed by atoms with E-state index in [2.05, 4.69) is 10.4 Å². The highest BCUT2D eigenvalue weighted by Gasteiger charge is 2.32. The molecule has 1 saturated heterocycles. The van der Waals surface area contributed by atoms with Gasteiger partial charge in [0.2, 0.25) is 0 Å². The van der Waals surface area contributed by atoms with E-state index in [1.54, 1.807) is 4.68 Å². The minimum Gasteiger partial charge on any atom is -0.315 e. The number of nitrogens with zero attached hydrogens (tertiary/aromatic N) is 1. The van der Waals surface area contributed by atoms with E-state index in [-0.39, 0.29) is 23.1 Å². The topological polar surface area (TPSA) is 84.0 Å². The van der Waals surface area contributed by atoms with Crippen LogP contribution in [0, 0.1) is 0 Å². The van der Waals surface area contributed by atoms with Crippen molar-refractivity contribution in [2.45, 2.75) is 30.4 Å². The van der Waals surface area contributed by atoms with Gasteiger partial charge in [0, 0.05) is 6.54 Å². The molecule has 1 unspecified atom stereocenters. The van der Waals surface area contributed by atoms with Crippen molar-refractivity contribution in [2.24, 2.45) is 0 Å². The number of hydrogen-bond acceptors (Lipinski definition) is 4. The van der Waals surface area contributed by atoms with Crippen LogP contribution in [0.15, 0.2) is 4.79 Å². The maximum atomic E-state index is 12.1. The van der Waals surface area contributed by atoms with Gasteiger partial charge in [-0.3, -0.25) is 9.89 Å². The summed E-state index contributed by atoms with van der Waals surface area (Å²) in [5, 5.41) is 6.22. The van der Waals surface area contributed by atoms with Crippen LogP contribution in [0.25, 0.3) is 0 Å². The van der Waals surface area contributed by atoms with Crippen LogP contribution < -0.4 is 10.9 Å². The minimum atomic E-state index is -3.09. The Labute approximate surface area is 98.9 Å². The molecule has 0 saturated carbocycles. The molecule has 0 bridgehead atoms. The number of aromatic amines is 1. The van der Waals surface area contributed by atoms with Gasteiger partial charge in [0.15, 0.2) is 9.84 Å². The lowest BCUT2D eigenvalue weighted by Gasteiger charge is -2.23. The molecule has 17 heavy (non-hydrogen) atoms. The Morgan fingerprint density at radius 2 is 2.12 bits per heavy atom. The Kier molecular flexibility index (Phi) is 2.41. The molecule has 2 aliphatic heterocycles. The molecule has 0 aliphatic carbocycles. The van der Waals surface area contributed by atoms with E-state index in [9.17, 15) is 13.2 Å². The first-order valence-corrected chi connectivity index (χ1v) is 7.62. The van der Waals surface area contributed by atoms with Gasteiger partial charge in [0.1, 0.15) is 0 Å². The van der Waals surface area contributed by atoms with Crippen LogP contribution in [-0.4, -0.2) is 31.3 Å². The summed E-state index contributed by atoms with van der Waals surface area (Å²) in [6.07, 6.45) is 2.00. The summed E-state index contributed by atoms with van der Waals surface area (Å²) >= 11 is 0. The number of piperidine rings is 1. The third kappa shape index (κ3) is 1.83. The molecule has 3 rings (SSSR count). The second-order valence-electron chi connectivity index (χ2n) is 4.78. The zero-order valence-corrected chi connectivity index (χ0v) is 10.2. The lowest BCUT2D eigenvalue weighted by molar-refractivity contribution is 0.339. The predicted molar refractivity (Wildman–Crippen MR) is 62.5 cm³/mol. The molecule has 3 heterocycles. The fourth-order valence-electron chi connectivity index (χ4n) is 2.61. The highest BCUT2D eigenvalue weighted by Crippen LogP contribution is 2.22. The molecule has 6 nitrogen and oxygen atoms in total. The summed E-state index contributed by atoms with van der Waals surface area (Å²) in [4.78, 5) is 12.1. The zero-order chi connectivity index (χ0) is 12.0.